The summed E-state index contributed by atoms with van der Waals surface area (Å²) in [6.07, 6.45) is 6.38. The van der Waals surface area contributed by atoms with Gasteiger partial charge in [0.1, 0.15) is 0 Å². The summed E-state index contributed by atoms with van der Waals surface area (Å²) in [5.41, 5.74) is 6.01. The summed E-state index contributed by atoms with van der Waals surface area (Å²) < 4.78 is 0. The Morgan fingerprint density at radius 1 is 1.31 bits per heavy atom. The molecule has 1 atom stereocenters. The largest absolute Gasteiger partial charge is 0.394 e. The van der Waals surface area contributed by atoms with Gasteiger partial charge in [0.25, 0.3) is 0 Å². The van der Waals surface area contributed by atoms with Crippen molar-refractivity contribution < 1.29 is 5.11 Å². The van der Waals surface area contributed by atoms with Crippen molar-refractivity contribution in [1.29, 1.82) is 0 Å². The van der Waals surface area contributed by atoms with E-state index in [4.69, 9.17) is 5.73 Å². The molecule has 0 bridgehead atoms. The molecule has 0 aromatic rings. The fraction of sp³-hybridized carbons (Fsp3) is 1.00. The molecule has 2 aliphatic rings. The van der Waals surface area contributed by atoms with Crippen molar-refractivity contribution in [2.75, 3.05) is 26.2 Å². The fourth-order valence-electron chi connectivity index (χ4n) is 2.60. The fourth-order valence-corrected chi connectivity index (χ4v) is 2.60. The van der Waals surface area contributed by atoms with Crippen LogP contribution in [0.4, 0.5) is 0 Å². The van der Waals surface area contributed by atoms with Crippen LogP contribution in [0.5, 0.6) is 0 Å². The molecule has 2 rings (SSSR count). The molecule has 94 valence electrons. The Morgan fingerprint density at radius 3 is 2.44 bits per heavy atom. The van der Waals surface area contributed by atoms with Crippen LogP contribution in [0.3, 0.4) is 0 Å². The minimum absolute atomic E-state index is 0.141. The number of nitrogens with two attached hydrogens (primary N) is 1. The zero-order chi connectivity index (χ0) is 11.6. The van der Waals surface area contributed by atoms with Gasteiger partial charge >= 0.3 is 0 Å². The molecule has 16 heavy (non-hydrogen) atoms. The highest BCUT2D eigenvalue weighted by molar-refractivity contribution is 5.00. The average Bonchev–Trinajstić information content (AvgIpc) is 3.10. The molecule has 0 aromatic carbocycles. The summed E-state index contributed by atoms with van der Waals surface area (Å²) in [4.78, 5) is 2.48. The van der Waals surface area contributed by atoms with E-state index >= 15 is 0 Å². The van der Waals surface area contributed by atoms with Gasteiger partial charge in [0.15, 0.2) is 0 Å². The monoisotopic (exact) mass is 226 g/mol. The molecule has 1 unspecified atom stereocenters. The lowest BCUT2D eigenvalue weighted by Crippen LogP contribution is -2.55. The molecule has 0 saturated heterocycles. The summed E-state index contributed by atoms with van der Waals surface area (Å²) in [5, 5.41) is 9.51. The lowest BCUT2D eigenvalue weighted by molar-refractivity contribution is 0.118. The molecule has 3 nitrogen and oxygen atoms in total. The van der Waals surface area contributed by atoms with Gasteiger partial charge in [-0.2, -0.15) is 0 Å². The first kappa shape index (κ1) is 12.3. The van der Waals surface area contributed by atoms with Crippen molar-refractivity contribution in [2.45, 2.75) is 44.6 Å². The van der Waals surface area contributed by atoms with Gasteiger partial charge in [-0.05, 0) is 50.5 Å². The Hall–Kier alpha value is -0.120. The van der Waals surface area contributed by atoms with Crippen LogP contribution in [0.1, 0.15) is 39.0 Å². The number of aliphatic hydroxyl groups is 1. The van der Waals surface area contributed by atoms with Crippen molar-refractivity contribution in [2.24, 2.45) is 17.6 Å². The van der Waals surface area contributed by atoms with Crippen molar-refractivity contribution >= 4 is 0 Å². The topological polar surface area (TPSA) is 49.5 Å². The summed E-state index contributed by atoms with van der Waals surface area (Å²) in [6, 6.07) is 0. The molecule has 0 amide bonds. The van der Waals surface area contributed by atoms with Crippen LogP contribution in [-0.2, 0) is 0 Å². The predicted molar refractivity (Wildman–Crippen MR) is 66.2 cm³/mol. The van der Waals surface area contributed by atoms with E-state index in [2.05, 4.69) is 11.8 Å². The second-order valence-corrected chi connectivity index (χ2v) is 5.84. The molecule has 0 aromatic heterocycles. The van der Waals surface area contributed by atoms with E-state index in [0.29, 0.717) is 5.92 Å². The highest BCUT2D eigenvalue weighted by Gasteiger charge is 2.43. The maximum absolute atomic E-state index is 9.51. The second kappa shape index (κ2) is 5.03. The van der Waals surface area contributed by atoms with Gasteiger partial charge < -0.3 is 15.7 Å². The molecular formula is C13H26N2O. The van der Waals surface area contributed by atoms with Gasteiger partial charge in [-0.15, -0.1) is 0 Å². The molecule has 3 heteroatoms. The Bertz CT molecular complexity index is 226. The van der Waals surface area contributed by atoms with Gasteiger partial charge in [0.2, 0.25) is 0 Å². The van der Waals surface area contributed by atoms with E-state index in [1.54, 1.807) is 0 Å². The number of hydrogen-bond acceptors (Lipinski definition) is 3. The van der Waals surface area contributed by atoms with Crippen LogP contribution < -0.4 is 5.73 Å². The third-order valence-electron chi connectivity index (χ3n) is 3.96. The minimum Gasteiger partial charge on any atom is -0.394 e. The van der Waals surface area contributed by atoms with Gasteiger partial charge in [-0.25, -0.2) is 0 Å². The minimum atomic E-state index is -0.329. The number of rotatable bonds is 8. The SMILES string of the molecule is CCCN(CC1CC1)CC(N)(CO)C1CC1. The van der Waals surface area contributed by atoms with E-state index in [1.165, 1.54) is 38.6 Å². The molecular weight excluding hydrogens is 200 g/mol. The Labute approximate surface area is 99.0 Å². The van der Waals surface area contributed by atoms with Crippen molar-refractivity contribution in [3.8, 4) is 0 Å². The summed E-state index contributed by atoms with van der Waals surface area (Å²) in [5.74, 6) is 1.48. The average molecular weight is 226 g/mol. The van der Waals surface area contributed by atoms with Gasteiger partial charge in [-0.3, -0.25) is 0 Å². The van der Waals surface area contributed by atoms with E-state index in [9.17, 15) is 5.11 Å². The van der Waals surface area contributed by atoms with Crippen LogP contribution in [-0.4, -0.2) is 41.8 Å². The molecule has 0 radical (unpaired) electrons. The Balaban J connectivity index is 1.85. The third-order valence-corrected chi connectivity index (χ3v) is 3.96. The number of aliphatic hydroxyl groups excluding tert-OH is 1. The lowest BCUT2D eigenvalue weighted by atomic mass is 9.94. The maximum atomic E-state index is 9.51. The quantitative estimate of drug-likeness (QED) is 0.654. The smallest absolute Gasteiger partial charge is 0.0626 e. The normalized spacial score (nSPS) is 24.8. The van der Waals surface area contributed by atoms with E-state index in [1.807, 2.05) is 0 Å². The zero-order valence-corrected chi connectivity index (χ0v) is 10.5. The molecule has 0 spiro atoms. The van der Waals surface area contributed by atoms with Gasteiger partial charge in [0.05, 0.1) is 12.1 Å². The Morgan fingerprint density at radius 2 is 2.00 bits per heavy atom. The van der Waals surface area contributed by atoms with Crippen LogP contribution >= 0.6 is 0 Å². The molecule has 2 saturated carbocycles. The number of nitrogens with zero attached hydrogens (tertiary/aromatic N) is 1. The molecule has 0 aliphatic heterocycles. The van der Waals surface area contributed by atoms with Crippen molar-refractivity contribution in [1.82, 2.24) is 4.90 Å². The summed E-state index contributed by atoms with van der Waals surface area (Å²) in [6.45, 7) is 5.57. The highest BCUT2D eigenvalue weighted by Crippen LogP contribution is 2.39. The first-order valence-corrected chi connectivity index (χ1v) is 6.80. The van der Waals surface area contributed by atoms with E-state index < -0.39 is 0 Å². The number of hydrogen-bond donors (Lipinski definition) is 2. The van der Waals surface area contributed by atoms with Crippen LogP contribution in [0.15, 0.2) is 0 Å². The standard InChI is InChI=1S/C13H26N2O/c1-2-7-15(8-11-3-4-11)9-13(14,10-16)12-5-6-12/h11-12,16H,2-10,14H2,1H3. The predicted octanol–water partition coefficient (Wildman–Crippen LogP) is 1.21. The maximum Gasteiger partial charge on any atom is 0.0626 e. The first-order chi connectivity index (χ1) is 7.68. The first-order valence-electron chi connectivity index (χ1n) is 6.80. The zero-order valence-electron chi connectivity index (χ0n) is 10.5. The molecule has 3 N–H and O–H groups in total. The lowest BCUT2D eigenvalue weighted by Gasteiger charge is -2.34. The van der Waals surface area contributed by atoms with Crippen LogP contribution in [0.25, 0.3) is 0 Å². The Kier molecular flexibility index (Phi) is 3.88. The van der Waals surface area contributed by atoms with Gasteiger partial charge in [0, 0.05) is 13.1 Å². The molecule has 2 aliphatic carbocycles. The third kappa shape index (κ3) is 3.19. The van der Waals surface area contributed by atoms with E-state index in [-0.39, 0.29) is 12.1 Å². The molecule has 2 fully saturated rings. The summed E-state index contributed by atoms with van der Waals surface area (Å²) >= 11 is 0. The van der Waals surface area contributed by atoms with Crippen molar-refractivity contribution in [3.63, 3.8) is 0 Å². The summed E-state index contributed by atoms with van der Waals surface area (Å²) in [7, 11) is 0. The highest BCUT2D eigenvalue weighted by atomic mass is 16.3. The van der Waals surface area contributed by atoms with E-state index in [0.717, 1.165) is 19.0 Å². The van der Waals surface area contributed by atoms with Crippen molar-refractivity contribution in [3.05, 3.63) is 0 Å². The van der Waals surface area contributed by atoms with Crippen LogP contribution in [0.2, 0.25) is 0 Å². The van der Waals surface area contributed by atoms with Gasteiger partial charge in [-0.1, -0.05) is 6.92 Å². The second-order valence-electron chi connectivity index (χ2n) is 5.84. The van der Waals surface area contributed by atoms with Crippen LogP contribution in [0, 0.1) is 11.8 Å². The molecule has 0 heterocycles.